The molecule has 1 aliphatic carbocycles. The van der Waals surface area contributed by atoms with Crippen molar-refractivity contribution in [3.05, 3.63) is 48.0 Å². The van der Waals surface area contributed by atoms with Crippen molar-refractivity contribution in [2.75, 3.05) is 13.1 Å². The lowest BCUT2D eigenvalue weighted by atomic mass is 9.85. The lowest BCUT2D eigenvalue weighted by Crippen LogP contribution is -2.50. The first kappa shape index (κ1) is 23.7. The van der Waals surface area contributed by atoms with E-state index < -0.39 is 6.04 Å². The molecule has 0 saturated carbocycles. The Morgan fingerprint density at radius 2 is 1.62 bits per heavy atom. The van der Waals surface area contributed by atoms with Crippen molar-refractivity contribution >= 4 is 23.6 Å². The molecule has 4 amide bonds. The maximum absolute atomic E-state index is 13.2. The number of amides is 4. The van der Waals surface area contributed by atoms with Gasteiger partial charge in [0.1, 0.15) is 6.04 Å². The first-order valence-corrected chi connectivity index (χ1v) is 11.4. The second-order valence-electron chi connectivity index (χ2n) is 8.90. The van der Waals surface area contributed by atoms with Crippen LogP contribution in [0.2, 0.25) is 0 Å². The molecule has 1 aliphatic heterocycles. The summed E-state index contributed by atoms with van der Waals surface area (Å²) >= 11 is 0. The van der Waals surface area contributed by atoms with Crippen LogP contribution in [0.4, 0.5) is 0 Å². The Morgan fingerprint density at radius 1 is 1.03 bits per heavy atom. The van der Waals surface area contributed by atoms with Gasteiger partial charge in [-0.1, -0.05) is 42.5 Å². The highest BCUT2D eigenvalue weighted by atomic mass is 16.2. The van der Waals surface area contributed by atoms with Crippen molar-refractivity contribution in [1.82, 2.24) is 15.1 Å². The van der Waals surface area contributed by atoms with Crippen LogP contribution < -0.4 is 5.32 Å². The maximum Gasteiger partial charge on any atom is 0.242 e. The summed E-state index contributed by atoms with van der Waals surface area (Å²) in [6.07, 6.45) is 5.68. The molecule has 7 nitrogen and oxygen atoms in total. The molecule has 3 rings (SSSR count). The molecule has 2 aliphatic rings. The van der Waals surface area contributed by atoms with Crippen LogP contribution in [-0.2, 0) is 25.6 Å². The maximum atomic E-state index is 13.2. The number of carbonyl (C=O) groups is 4. The molecule has 1 saturated heterocycles. The number of hydrogen-bond donors (Lipinski definition) is 1. The molecule has 1 heterocycles. The van der Waals surface area contributed by atoms with Crippen molar-refractivity contribution in [3.8, 4) is 0 Å². The largest absolute Gasteiger partial charge is 0.352 e. The summed E-state index contributed by atoms with van der Waals surface area (Å²) in [4.78, 5) is 54.0. The van der Waals surface area contributed by atoms with E-state index in [1.807, 2.05) is 56.3 Å². The zero-order valence-electron chi connectivity index (χ0n) is 19.1. The predicted octanol–water partition coefficient (Wildman–Crippen LogP) is 2.31. The van der Waals surface area contributed by atoms with Gasteiger partial charge < -0.3 is 10.2 Å². The molecular formula is C25H33N3O4. The van der Waals surface area contributed by atoms with Gasteiger partial charge in [0.15, 0.2) is 0 Å². The lowest BCUT2D eigenvalue weighted by Gasteiger charge is -2.30. The standard InChI is InChI=1S/C25H33N3O4/c1-17(2)26-23(30)18(3)27(15-13-19-9-5-4-6-10-19)22(29)14-16-28-24(31)20-11-7-8-12-21(20)25(28)32/h4-10,17-18,20-21H,11-16H2,1-3H3,(H,26,30)/t18?,20-,21+. The van der Waals surface area contributed by atoms with E-state index in [0.29, 0.717) is 25.8 Å². The average Bonchev–Trinajstić information content (AvgIpc) is 3.02. The lowest BCUT2D eigenvalue weighted by molar-refractivity contribution is -0.143. The minimum atomic E-state index is -0.648. The molecular weight excluding hydrogens is 406 g/mol. The van der Waals surface area contributed by atoms with E-state index in [1.54, 1.807) is 11.8 Å². The summed E-state index contributed by atoms with van der Waals surface area (Å²) in [6.45, 7) is 5.91. The number of fused-ring (bicyclic) bond motifs is 1. The predicted molar refractivity (Wildman–Crippen MR) is 121 cm³/mol. The van der Waals surface area contributed by atoms with Crippen LogP contribution in [0.15, 0.2) is 42.5 Å². The van der Waals surface area contributed by atoms with Gasteiger partial charge >= 0.3 is 0 Å². The van der Waals surface area contributed by atoms with E-state index in [1.165, 1.54) is 4.90 Å². The van der Waals surface area contributed by atoms with E-state index >= 15 is 0 Å². The van der Waals surface area contributed by atoms with Gasteiger partial charge in [0.2, 0.25) is 23.6 Å². The third-order valence-electron chi connectivity index (χ3n) is 6.23. The Bertz CT molecular complexity index is 854. The molecule has 3 atom stereocenters. The van der Waals surface area contributed by atoms with Gasteiger partial charge in [0.05, 0.1) is 11.8 Å². The molecule has 0 spiro atoms. The average molecular weight is 440 g/mol. The fourth-order valence-electron chi connectivity index (χ4n) is 4.42. The summed E-state index contributed by atoms with van der Waals surface area (Å²) in [5, 5.41) is 2.86. The fourth-order valence-corrected chi connectivity index (χ4v) is 4.42. The van der Waals surface area contributed by atoms with Crippen molar-refractivity contribution in [2.24, 2.45) is 11.8 Å². The normalized spacial score (nSPS) is 20.9. The minimum absolute atomic E-state index is 0.0123. The molecule has 32 heavy (non-hydrogen) atoms. The van der Waals surface area contributed by atoms with Gasteiger partial charge in [-0.15, -0.1) is 0 Å². The van der Waals surface area contributed by atoms with Gasteiger partial charge in [-0.3, -0.25) is 24.1 Å². The number of rotatable bonds is 9. The Labute approximate surface area is 189 Å². The number of benzene rings is 1. The van der Waals surface area contributed by atoms with Gasteiger partial charge in [-0.2, -0.15) is 0 Å². The van der Waals surface area contributed by atoms with Crippen LogP contribution in [0, 0.1) is 11.8 Å². The first-order chi connectivity index (χ1) is 15.3. The smallest absolute Gasteiger partial charge is 0.242 e. The second-order valence-corrected chi connectivity index (χ2v) is 8.90. The topological polar surface area (TPSA) is 86.8 Å². The van der Waals surface area contributed by atoms with Gasteiger partial charge in [-0.05, 0) is 45.6 Å². The number of imide groups is 1. The van der Waals surface area contributed by atoms with Gasteiger partial charge in [0.25, 0.3) is 0 Å². The molecule has 1 aromatic carbocycles. The Kier molecular flexibility index (Phi) is 7.83. The van der Waals surface area contributed by atoms with E-state index in [4.69, 9.17) is 0 Å². The number of carbonyl (C=O) groups excluding carboxylic acids is 4. The van der Waals surface area contributed by atoms with Crippen molar-refractivity contribution < 1.29 is 19.2 Å². The van der Waals surface area contributed by atoms with Crippen molar-refractivity contribution in [2.45, 2.75) is 58.5 Å². The van der Waals surface area contributed by atoms with Gasteiger partial charge in [0, 0.05) is 25.6 Å². The van der Waals surface area contributed by atoms with E-state index in [2.05, 4.69) is 5.32 Å². The molecule has 0 bridgehead atoms. The van der Waals surface area contributed by atoms with Crippen LogP contribution in [0.3, 0.4) is 0 Å². The number of likely N-dealkylation sites (tertiary alicyclic amines) is 1. The number of nitrogens with zero attached hydrogens (tertiary/aromatic N) is 2. The molecule has 1 unspecified atom stereocenters. The Morgan fingerprint density at radius 3 is 2.19 bits per heavy atom. The second kappa shape index (κ2) is 10.6. The minimum Gasteiger partial charge on any atom is -0.352 e. The van der Waals surface area contributed by atoms with E-state index in [-0.39, 0.29) is 54.5 Å². The molecule has 172 valence electrons. The van der Waals surface area contributed by atoms with Crippen molar-refractivity contribution in [3.63, 3.8) is 0 Å². The van der Waals surface area contributed by atoms with Gasteiger partial charge in [-0.25, -0.2) is 0 Å². The summed E-state index contributed by atoms with van der Waals surface area (Å²) in [5.74, 6) is -1.41. The number of hydrogen-bond acceptors (Lipinski definition) is 4. The highest BCUT2D eigenvalue weighted by Crippen LogP contribution is 2.35. The Hall–Kier alpha value is -2.96. The van der Waals surface area contributed by atoms with Crippen LogP contribution in [0.1, 0.15) is 45.6 Å². The molecule has 1 fully saturated rings. The zero-order valence-corrected chi connectivity index (χ0v) is 19.1. The fraction of sp³-hybridized carbons (Fsp3) is 0.520. The molecule has 0 radical (unpaired) electrons. The number of allylic oxidation sites excluding steroid dienone is 2. The SMILES string of the molecule is CC(C)NC(=O)C(C)N(CCc1ccccc1)C(=O)CCN1C(=O)[C@H]2CC=CC[C@H]2C1=O. The Balaban J connectivity index is 1.66. The number of nitrogens with one attached hydrogen (secondary N) is 1. The monoisotopic (exact) mass is 439 g/mol. The van der Waals surface area contributed by atoms with Crippen LogP contribution in [0.5, 0.6) is 0 Å². The van der Waals surface area contributed by atoms with Crippen LogP contribution >= 0.6 is 0 Å². The molecule has 1 aromatic rings. The summed E-state index contributed by atoms with van der Waals surface area (Å²) in [6, 6.07) is 9.10. The summed E-state index contributed by atoms with van der Waals surface area (Å²) < 4.78 is 0. The third kappa shape index (κ3) is 5.44. The highest BCUT2D eigenvalue weighted by molar-refractivity contribution is 6.05. The van der Waals surface area contributed by atoms with Crippen molar-refractivity contribution in [1.29, 1.82) is 0 Å². The van der Waals surface area contributed by atoms with Crippen LogP contribution in [-0.4, -0.2) is 58.6 Å². The molecule has 7 heteroatoms. The van der Waals surface area contributed by atoms with E-state index in [0.717, 1.165) is 5.56 Å². The highest BCUT2D eigenvalue weighted by Gasteiger charge is 2.47. The van der Waals surface area contributed by atoms with E-state index in [9.17, 15) is 19.2 Å². The first-order valence-electron chi connectivity index (χ1n) is 11.4. The molecule has 1 N–H and O–H groups in total. The zero-order chi connectivity index (χ0) is 23.3. The summed E-state index contributed by atoms with van der Waals surface area (Å²) in [7, 11) is 0. The summed E-state index contributed by atoms with van der Waals surface area (Å²) in [5.41, 5.74) is 1.07. The molecule has 0 aromatic heterocycles. The quantitative estimate of drug-likeness (QED) is 0.473. The van der Waals surface area contributed by atoms with Crippen LogP contribution in [0.25, 0.3) is 0 Å². The third-order valence-corrected chi connectivity index (χ3v) is 6.23.